The zero-order valence-corrected chi connectivity index (χ0v) is 19.5. The molecule has 30 heavy (non-hydrogen) atoms. The van der Waals surface area contributed by atoms with Crippen LogP contribution in [-0.2, 0) is 5.75 Å². The van der Waals surface area contributed by atoms with Crippen molar-refractivity contribution in [3.05, 3.63) is 73.9 Å². The lowest BCUT2D eigenvalue weighted by Gasteiger charge is -2.25. The summed E-state index contributed by atoms with van der Waals surface area (Å²) in [5, 5.41) is 13.1. The first-order chi connectivity index (χ1) is 14.6. The minimum Gasteiger partial charge on any atom is -0.334 e. The molecule has 156 valence electrons. The zero-order chi connectivity index (χ0) is 20.9. The normalized spacial score (nSPS) is 14.6. The first-order valence-corrected chi connectivity index (χ1v) is 12.1. The molecular formula is C22H22BrClN4OS. The SMILES string of the molecule is O=c1c(Nc2ccc(Cl)cc2)nnc(SCc2cccc(Br)c2)n1C1CCCCC1. The van der Waals surface area contributed by atoms with Gasteiger partial charge in [-0.3, -0.25) is 9.36 Å². The number of benzene rings is 2. The summed E-state index contributed by atoms with van der Waals surface area (Å²) in [6.45, 7) is 0. The largest absolute Gasteiger partial charge is 0.334 e. The number of thioether (sulfide) groups is 1. The first kappa shape index (κ1) is 21.4. The van der Waals surface area contributed by atoms with E-state index >= 15 is 0 Å². The van der Waals surface area contributed by atoms with E-state index in [4.69, 9.17) is 11.6 Å². The van der Waals surface area contributed by atoms with E-state index in [-0.39, 0.29) is 17.4 Å². The molecular weight excluding hydrogens is 484 g/mol. The molecule has 0 unspecified atom stereocenters. The molecule has 1 heterocycles. The van der Waals surface area contributed by atoms with Gasteiger partial charge in [0.25, 0.3) is 5.56 Å². The molecule has 0 saturated heterocycles. The number of halogens is 2. The Morgan fingerprint density at radius 3 is 2.60 bits per heavy atom. The van der Waals surface area contributed by atoms with Crippen molar-refractivity contribution in [2.24, 2.45) is 0 Å². The topological polar surface area (TPSA) is 59.8 Å². The van der Waals surface area contributed by atoms with Crippen LogP contribution in [0.4, 0.5) is 11.5 Å². The summed E-state index contributed by atoms with van der Waals surface area (Å²) in [6, 6.07) is 15.5. The fourth-order valence-corrected chi connectivity index (χ4v) is 5.18. The van der Waals surface area contributed by atoms with Gasteiger partial charge in [0.1, 0.15) is 0 Å². The van der Waals surface area contributed by atoms with Crippen molar-refractivity contribution < 1.29 is 0 Å². The summed E-state index contributed by atoms with van der Waals surface area (Å²) < 4.78 is 2.89. The minimum absolute atomic E-state index is 0.122. The van der Waals surface area contributed by atoms with Crippen molar-refractivity contribution in [3.63, 3.8) is 0 Å². The van der Waals surface area contributed by atoms with Crippen molar-refractivity contribution in [2.75, 3.05) is 5.32 Å². The van der Waals surface area contributed by atoms with Crippen molar-refractivity contribution in [1.82, 2.24) is 14.8 Å². The van der Waals surface area contributed by atoms with Crippen LogP contribution in [0.15, 0.2) is 63.0 Å². The molecule has 5 nitrogen and oxygen atoms in total. The number of nitrogens with zero attached hydrogens (tertiary/aromatic N) is 3. The molecule has 1 saturated carbocycles. The third-order valence-electron chi connectivity index (χ3n) is 5.17. The zero-order valence-electron chi connectivity index (χ0n) is 16.4. The van der Waals surface area contributed by atoms with Gasteiger partial charge in [-0.05, 0) is 54.8 Å². The molecule has 0 bridgehead atoms. The molecule has 0 aliphatic heterocycles. The summed E-state index contributed by atoms with van der Waals surface area (Å²) in [5.74, 6) is 0.972. The summed E-state index contributed by atoms with van der Waals surface area (Å²) in [7, 11) is 0. The molecule has 3 aromatic rings. The molecule has 1 fully saturated rings. The average molecular weight is 506 g/mol. The van der Waals surface area contributed by atoms with E-state index in [2.05, 4.69) is 43.6 Å². The molecule has 0 amide bonds. The van der Waals surface area contributed by atoms with Crippen LogP contribution >= 0.6 is 39.3 Å². The van der Waals surface area contributed by atoms with Crippen LogP contribution in [0.1, 0.15) is 43.7 Å². The van der Waals surface area contributed by atoms with E-state index in [1.165, 1.54) is 12.0 Å². The highest BCUT2D eigenvalue weighted by atomic mass is 79.9. The Hall–Kier alpha value is -1.83. The second-order valence-corrected chi connectivity index (χ2v) is 9.64. The Labute approximate surface area is 193 Å². The van der Waals surface area contributed by atoms with Gasteiger partial charge in [-0.15, -0.1) is 10.2 Å². The highest BCUT2D eigenvalue weighted by Gasteiger charge is 2.23. The van der Waals surface area contributed by atoms with Gasteiger partial charge < -0.3 is 5.32 Å². The van der Waals surface area contributed by atoms with Crippen LogP contribution in [0, 0.1) is 0 Å². The number of nitrogens with one attached hydrogen (secondary N) is 1. The predicted molar refractivity (Wildman–Crippen MR) is 127 cm³/mol. The average Bonchev–Trinajstić information content (AvgIpc) is 2.76. The third kappa shape index (κ3) is 5.25. The maximum absolute atomic E-state index is 13.4. The Morgan fingerprint density at radius 2 is 1.87 bits per heavy atom. The lowest BCUT2D eigenvalue weighted by atomic mass is 9.95. The fraction of sp³-hybridized carbons (Fsp3) is 0.318. The van der Waals surface area contributed by atoms with E-state index in [0.29, 0.717) is 10.2 Å². The van der Waals surface area contributed by atoms with Crippen LogP contribution in [0.25, 0.3) is 0 Å². The minimum atomic E-state index is -0.122. The Balaban J connectivity index is 1.64. The fourth-order valence-electron chi connectivity index (χ4n) is 3.67. The van der Waals surface area contributed by atoms with Crippen LogP contribution in [-0.4, -0.2) is 14.8 Å². The molecule has 4 rings (SSSR count). The van der Waals surface area contributed by atoms with Crippen LogP contribution < -0.4 is 10.9 Å². The van der Waals surface area contributed by atoms with E-state index in [1.54, 1.807) is 23.9 Å². The van der Waals surface area contributed by atoms with Crippen molar-refractivity contribution in [3.8, 4) is 0 Å². The Morgan fingerprint density at radius 1 is 1.10 bits per heavy atom. The van der Waals surface area contributed by atoms with Crippen molar-refractivity contribution in [1.29, 1.82) is 0 Å². The molecule has 1 aromatic heterocycles. The lowest BCUT2D eigenvalue weighted by molar-refractivity contribution is 0.321. The smallest absolute Gasteiger partial charge is 0.297 e. The van der Waals surface area contributed by atoms with Gasteiger partial charge in [-0.2, -0.15) is 0 Å². The van der Waals surface area contributed by atoms with Gasteiger partial charge in [0.05, 0.1) is 0 Å². The van der Waals surface area contributed by atoms with Gasteiger partial charge in [0.2, 0.25) is 5.82 Å². The maximum atomic E-state index is 13.4. The molecule has 0 spiro atoms. The molecule has 0 radical (unpaired) electrons. The molecule has 1 aliphatic carbocycles. The van der Waals surface area contributed by atoms with E-state index < -0.39 is 0 Å². The molecule has 1 aliphatic rings. The number of anilines is 2. The van der Waals surface area contributed by atoms with Crippen LogP contribution in [0.3, 0.4) is 0 Å². The second kappa shape index (κ2) is 9.98. The lowest BCUT2D eigenvalue weighted by Crippen LogP contribution is -2.31. The van der Waals surface area contributed by atoms with Crippen molar-refractivity contribution >= 4 is 50.8 Å². The van der Waals surface area contributed by atoms with Crippen LogP contribution in [0.2, 0.25) is 5.02 Å². The molecule has 2 aromatic carbocycles. The second-order valence-electron chi connectivity index (χ2n) is 7.35. The van der Waals surface area contributed by atoms with Crippen LogP contribution in [0.5, 0.6) is 0 Å². The Bertz CT molecular complexity index is 1070. The summed E-state index contributed by atoms with van der Waals surface area (Å²) in [4.78, 5) is 13.4. The van der Waals surface area contributed by atoms with E-state index in [9.17, 15) is 4.79 Å². The number of aromatic nitrogens is 3. The highest BCUT2D eigenvalue weighted by Crippen LogP contribution is 2.31. The number of hydrogen-bond donors (Lipinski definition) is 1. The van der Waals surface area contributed by atoms with Gasteiger partial charge in [0.15, 0.2) is 5.16 Å². The molecule has 1 N–H and O–H groups in total. The standard InChI is InChI=1S/C22H22BrClN4OS/c23-16-6-4-5-15(13-16)14-30-22-27-26-20(25-18-11-9-17(24)10-12-18)21(29)28(22)19-7-2-1-3-8-19/h4-6,9-13,19H,1-3,7-8,14H2,(H,25,26). The summed E-state index contributed by atoms with van der Waals surface area (Å²) in [6.07, 6.45) is 5.48. The molecule has 0 atom stereocenters. The third-order valence-corrected chi connectivity index (χ3v) is 6.93. The monoisotopic (exact) mass is 504 g/mol. The predicted octanol–water partition coefficient (Wildman–Crippen LogP) is 6.60. The van der Waals surface area contributed by atoms with Gasteiger partial charge in [-0.1, -0.05) is 70.7 Å². The van der Waals surface area contributed by atoms with Gasteiger partial charge in [0, 0.05) is 27.0 Å². The quantitative estimate of drug-likeness (QED) is 0.383. The first-order valence-electron chi connectivity index (χ1n) is 9.99. The maximum Gasteiger partial charge on any atom is 0.297 e. The van der Waals surface area contributed by atoms with Gasteiger partial charge in [-0.25, -0.2) is 0 Å². The molecule has 8 heteroatoms. The highest BCUT2D eigenvalue weighted by molar-refractivity contribution is 9.10. The van der Waals surface area contributed by atoms with Gasteiger partial charge >= 0.3 is 0 Å². The van der Waals surface area contributed by atoms with E-state index in [0.717, 1.165) is 41.6 Å². The number of hydrogen-bond acceptors (Lipinski definition) is 5. The Kier molecular flexibility index (Phi) is 7.12. The van der Waals surface area contributed by atoms with E-state index in [1.807, 2.05) is 28.8 Å². The van der Waals surface area contributed by atoms with Crippen molar-refractivity contribution in [2.45, 2.75) is 49.1 Å². The number of rotatable bonds is 6. The summed E-state index contributed by atoms with van der Waals surface area (Å²) in [5.41, 5.74) is 1.81. The summed E-state index contributed by atoms with van der Waals surface area (Å²) >= 11 is 11.0.